The third kappa shape index (κ3) is 2.67. The molecule has 0 bridgehead atoms. The van der Waals surface area contributed by atoms with Crippen LogP contribution in [0, 0.1) is 0 Å². The molecule has 0 amide bonds. The van der Waals surface area contributed by atoms with Gasteiger partial charge in [0.15, 0.2) is 5.17 Å². The standard InChI is InChI=1S/C19H21N3OS/c1-3-23-16-10-5-4-8-14(16)18-17(15-9-6-7-11-20-15)21-19-22(18)12-13(2)24-19/h4-11,13,17-18H,3,12H2,1-2H3/t13-,17-,18-/m1/s1. The molecule has 2 aromatic rings. The van der Waals surface area contributed by atoms with Gasteiger partial charge in [0.05, 0.1) is 18.3 Å². The molecule has 0 aliphatic carbocycles. The fraction of sp³-hybridized carbons (Fsp3) is 0.368. The maximum atomic E-state index is 5.90. The van der Waals surface area contributed by atoms with E-state index in [9.17, 15) is 0 Å². The second-order valence-electron chi connectivity index (χ2n) is 6.11. The van der Waals surface area contributed by atoms with E-state index in [2.05, 4.69) is 41.1 Å². The molecule has 0 N–H and O–H groups in total. The Morgan fingerprint density at radius 1 is 1.21 bits per heavy atom. The Labute approximate surface area is 147 Å². The summed E-state index contributed by atoms with van der Waals surface area (Å²) in [4.78, 5) is 12.0. The minimum Gasteiger partial charge on any atom is -0.494 e. The highest BCUT2D eigenvalue weighted by molar-refractivity contribution is 8.14. The first-order chi connectivity index (χ1) is 11.8. The minimum atomic E-state index is 0.0165. The van der Waals surface area contributed by atoms with Crippen molar-refractivity contribution in [3.05, 3.63) is 59.9 Å². The summed E-state index contributed by atoms with van der Waals surface area (Å²) in [5.41, 5.74) is 2.22. The highest BCUT2D eigenvalue weighted by Crippen LogP contribution is 2.49. The Morgan fingerprint density at radius 2 is 2.04 bits per heavy atom. The SMILES string of the molecule is CCOc1ccccc1[C@@H]1[C@@H](c2ccccn2)N=C2S[C@H](C)CN21. The number of para-hydroxylation sites is 1. The van der Waals surface area contributed by atoms with Crippen LogP contribution in [-0.4, -0.2) is 33.5 Å². The molecule has 3 atom stereocenters. The molecular formula is C19H21N3OS. The van der Waals surface area contributed by atoms with E-state index in [0.29, 0.717) is 11.9 Å². The zero-order chi connectivity index (χ0) is 16.5. The number of pyridine rings is 1. The Balaban J connectivity index is 1.79. The van der Waals surface area contributed by atoms with E-state index >= 15 is 0 Å². The van der Waals surface area contributed by atoms with Gasteiger partial charge in [-0.2, -0.15) is 0 Å². The van der Waals surface area contributed by atoms with Gasteiger partial charge in [-0.05, 0) is 25.1 Å². The molecule has 0 spiro atoms. The second kappa shape index (κ2) is 6.48. The van der Waals surface area contributed by atoms with Crippen molar-refractivity contribution < 1.29 is 4.74 Å². The fourth-order valence-corrected chi connectivity index (χ4v) is 4.56. The predicted octanol–water partition coefficient (Wildman–Crippen LogP) is 4.07. The molecule has 0 saturated carbocycles. The lowest BCUT2D eigenvalue weighted by Gasteiger charge is -2.28. The zero-order valence-corrected chi connectivity index (χ0v) is 14.7. The van der Waals surface area contributed by atoms with Crippen molar-refractivity contribution in [2.24, 2.45) is 4.99 Å². The molecule has 4 rings (SSSR count). The van der Waals surface area contributed by atoms with Gasteiger partial charge < -0.3 is 9.64 Å². The Morgan fingerprint density at radius 3 is 2.83 bits per heavy atom. The van der Waals surface area contributed by atoms with Crippen LogP contribution < -0.4 is 4.74 Å². The molecule has 2 aliphatic rings. The average molecular weight is 339 g/mol. The van der Waals surface area contributed by atoms with Gasteiger partial charge in [-0.1, -0.05) is 43.0 Å². The molecule has 4 nitrogen and oxygen atoms in total. The quantitative estimate of drug-likeness (QED) is 0.841. The number of thioether (sulfide) groups is 1. The van der Waals surface area contributed by atoms with E-state index in [1.165, 1.54) is 5.56 Å². The van der Waals surface area contributed by atoms with Gasteiger partial charge >= 0.3 is 0 Å². The Kier molecular flexibility index (Phi) is 4.19. The van der Waals surface area contributed by atoms with Crippen molar-refractivity contribution in [2.75, 3.05) is 13.2 Å². The summed E-state index contributed by atoms with van der Waals surface area (Å²) in [6.07, 6.45) is 1.85. The highest BCUT2D eigenvalue weighted by atomic mass is 32.2. The number of ether oxygens (including phenoxy) is 1. The zero-order valence-electron chi connectivity index (χ0n) is 13.9. The maximum absolute atomic E-state index is 5.90. The summed E-state index contributed by atoms with van der Waals surface area (Å²) in [6, 6.07) is 14.6. The molecule has 0 radical (unpaired) electrons. The number of hydrogen-bond acceptors (Lipinski definition) is 5. The van der Waals surface area contributed by atoms with Gasteiger partial charge in [0.2, 0.25) is 0 Å². The van der Waals surface area contributed by atoms with Crippen LogP contribution in [0.3, 0.4) is 0 Å². The lowest BCUT2D eigenvalue weighted by atomic mass is 9.95. The smallest absolute Gasteiger partial charge is 0.160 e. The lowest BCUT2D eigenvalue weighted by Crippen LogP contribution is -2.29. The summed E-state index contributed by atoms with van der Waals surface area (Å²) in [5, 5.41) is 1.70. The summed E-state index contributed by atoms with van der Waals surface area (Å²) < 4.78 is 5.90. The summed E-state index contributed by atoms with van der Waals surface area (Å²) in [6.45, 7) is 5.96. The fourth-order valence-electron chi connectivity index (χ4n) is 3.47. The van der Waals surface area contributed by atoms with Crippen molar-refractivity contribution in [1.29, 1.82) is 0 Å². The number of rotatable bonds is 4. The van der Waals surface area contributed by atoms with Gasteiger partial charge in [0.1, 0.15) is 11.8 Å². The van der Waals surface area contributed by atoms with Gasteiger partial charge in [-0.25, -0.2) is 0 Å². The maximum Gasteiger partial charge on any atom is 0.160 e. The van der Waals surface area contributed by atoms with E-state index in [0.717, 1.165) is 23.2 Å². The third-order valence-corrected chi connectivity index (χ3v) is 5.52. The third-order valence-electron chi connectivity index (χ3n) is 4.42. The molecule has 1 saturated heterocycles. The molecule has 24 heavy (non-hydrogen) atoms. The minimum absolute atomic E-state index is 0.0165. The molecule has 5 heteroatoms. The van der Waals surface area contributed by atoms with Crippen molar-refractivity contribution in [2.45, 2.75) is 31.2 Å². The monoisotopic (exact) mass is 339 g/mol. The average Bonchev–Trinajstić information content (AvgIpc) is 3.12. The molecule has 0 unspecified atom stereocenters. The van der Waals surface area contributed by atoms with E-state index < -0.39 is 0 Å². The van der Waals surface area contributed by atoms with Crippen LogP contribution in [0.4, 0.5) is 0 Å². The van der Waals surface area contributed by atoms with E-state index in [1.807, 2.05) is 43.1 Å². The second-order valence-corrected chi connectivity index (χ2v) is 7.51. The van der Waals surface area contributed by atoms with Crippen LogP contribution in [-0.2, 0) is 0 Å². The van der Waals surface area contributed by atoms with Crippen molar-refractivity contribution >= 4 is 16.9 Å². The molecule has 124 valence electrons. The first-order valence-electron chi connectivity index (χ1n) is 8.41. The first-order valence-corrected chi connectivity index (χ1v) is 9.29. The van der Waals surface area contributed by atoms with Crippen LogP contribution in [0.15, 0.2) is 53.7 Å². The highest BCUT2D eigenvalue weighted by Gasteiger charge is 2.44. The number of amidine groups is 1. The van der Waals surface area contributed by atoms with Gasteiger partial charge in [-0.15, -0.1) is 0 Å². The van der Waals surface area contributed by atoms with Crippen molar-refractivity contribution in [3.8, 4) is 5.75 Å². The normalized spacial score (nSPS) is 25.5. The van der Waals surface area contributed by atoms with Crippen LogP contribution in [0.25, 0.3) is 0 Å². The van der Waals surface area contributed by atoms with E-state index in [1.54, 1.807) is 0 Å². The van der Waals surface area contributed by atoms with E-state index in [-0.39, 0.29) is 12.1 Å². The summed E-state index contributed by atoms with van der Waals surface area (Å²) >= 11 is 1.86. The predicted molar refractivity (Wildman–Crippen MR) is 98.5 cm³/mol. The van der Waals surface area contributed by atoms with Crippen LogP contribution in [0.1, 0.15) is 37.2 Å². The van der Waals surface area contributed by atoms with Crippen LogP contribution >= 0.6 is 11.8 Å². The van der Waals surface area contributed by atoms with Crippen LogP contribution in [0.5, 0.6) is 5.75 Å². The lowest BCUT2D eigenvalue weighted by molar-refractivity contribution is 0.292. The summed E-state index contributed by atoms with van der Waals surface area (Å²) in [5.74, 6) is 0.951. The number of aliphatic imine (C=N–C) groups is 1. The molecule has 2 aliphatic heterocycles. The number of benzene rings is 1. The largest absolute Gasteiger partial charge is 0.494 e. The van der Waals surface area contributed by atoms with Gasteiger partial charge in [0.25, 0.3) is 0 Å². The molecule has 1 aromatic carbocycles. The number of nitrogens with zero attached hydrogens (tertiary/aromatic N) is 3. The van der Waals surface area contributed by atoms with Crippen LogP contribution in [0.2, 0.25) is 0 Å². The summed E-state index contributed by atoms with van der Waals surface area (Å²) in [7, 11) is 0. The first kappa shape index (κ1) is 15.5. The van der Waals surface area contributed by atoms with Gasteiger partial charge in [0, 0.05) is 23.6 Å². The molecule has 3 heterocycles. The van der Waals surface area contributed by atoms with Gasteiger partial charge in [-0.3, -0.25) is 9.98 Å². The van der Waals surface area contributed by atoms with Crippen molar-refractivity contribution in [1.82, 2.24) is 9.88 Å². The van der Waals surface area contributed by atoms with E-state index in [4.69, 9.17) is 9.73 Å². The van der Waals surface area contributed by atoms with Crippen molar-refractivity contribution in [3.63, 3.8) is 0 Å². The molecule has 1 fully saturated rings. The topological polar surface area (TPSA) is 37.7 Å². The Bertz CT molecular complexity index is 749. The number of aromatic nitrogens is 1. The molecule has 1 aromatic heterocycles. The number of fused-ring (bicyclic) bond motifs is 1. The Hall–Kier alpha value is -2.01. The molecular weight excluding hydrogens is 318 g/mol. The number of hydrogen-bond donors (Lipinski definition) is 0.